The highest BCUT2D eigenvalue weighted by Gasteiger charge is 2.33. The first-order valence-electron chi connectivity index (χ1n) is 6.09. The Morgan fingerprint density at radius 2 is 2.00 bits per heavy atom. The molecule has 0 N–H and O–H groups in total. The predicted molar refractivity (Wildman–Crippen MR) is 61.8 cm³/mol. The van der Waals surface area contributed by atoms with Crippen molar-refractivity contribution in [2.45, 2.75) is 49.9 Å². The van der Waals surface area contributed by atoms with Crippen LogP contribution in [-0.2, 0) is 0 Å². The van der Waals surface area contributed by atoms with E-state index < -0.39 is 0 Å². The van der Waals surface area contributed by atoms with Crippen LogP contribution in [0.25, 0.3) is 0 Å². The van der Waals surface area contributed by atoms with E-state index in [1.165, 1.54) is 38.5 Å². The van der Waals surface area contributed by atoms with Gasteiger partial charge in [0.25, 0.3) is 0 Å². The highest BCUT2D eigenvalue weighted by atomic mass is 35.5. The van der Waals surface area contributed by atoms with Crippen molar-refractivity contribution < 1.29 is 0 Å². The molecular formula is C12H19ClN2. The third-order valence-electron chi connectivity index (χ3n) is 3.89. The molecule has 84 valence electrons. The first-order valence-corrected chi connectivity index (χ1v) is 6.52. The van der Waals surface area contributed by atoms with Gasteiger partial charge in [0.05, 0.1) is 6.07 Å². The number of rotatable bonds is 2. The summed E-state index contributed by atoms with van der Waals surface area (Å²) in [5, 5.41) is 8.42. The number of nitrogens with zero attached hydrogens (tertiary/aromatic N) is 2. The molecule has 0 amide bonds. The number of likely N-dealkylation sites (tertiary alicyclic amines) is 1. The summed E-state index contributed by atoms with van der Waals surface area (Å²) in [4.78, 5) is 2.47. The standard InChI is InChI=1S/C12H19ClN2/c13-11(8-14)9-15-7-3-5-10-4-1-2-6-12(10)15/h10-12H,1-7,9H2/t10-,11?,12-/m1/s1. The average molecular weight is 227 g/mol. The van der Waals surface area contributed by atoms with E-state index in [-0.39, 0.29) is 5.38 Å². The first kappa shape index (κ1) is 11.2. The number of piperidine rings is 1. The lowest BCUT2D eigenvalue weighted by Crippen LogP contribution is -2.48. The summed E-state index contributed by atoms with van der Waals surface area (Å²) >= 11 is 5.93. The fraction of sp³-hybridized carbons (Fsp3) is 0.917. The maximum Gasteiger partial charge on any atom is 0.133 e. The maximum atomic E-state index is 8.75. The zero-order chi connectivity index (χ0) is 10.7. The molecule has 1 unspecified atom stereocenters. The van der Waals surface area contributed by atoms with Gasteiger partial charge in [-0.1, -0.05) is 12.8 Å². The molecule has 1 aliphatic carbocycles. The molecule has 2 fully saturated rings. The molecule has 2 nitrogen and oxygen atoms in total. The van der Waals surface area contributed by atoms with Crippen LogP contribution in [0.2, 0.25) is 0 Å². The molecule has 1 heterocycles. The van der Waals surface area contributed by atoms with Crippen LogP contribution in [0.5, 0.6) is 0 Å². The molecule has 1 aliphatic heterocycles. The zero-order valence-electron chi connectivity index (χ0n) is 9.16. The van der Waals surface area contributed by atoms with E-state index in [0.717, 1.165) is 25.0 Å². The number of hydrogen-bond donors (Lipinski definition) is 0. The molecule has 1 saturated heterocycles. The number of halogens is 1. The van der Waals surface area contributed by atoms with Crippen LogP contribution in [0.3, 0.4) is 0 Å². The summed E-state index contributed by atoms with van der Waals surface area (Å²) in [5.41, 5.74) is 0. The van der Waals surface area contributed by atoms with Crippen LogP contribution in [-0.4, -0.2) is 29.4 Å². The molecule has 1 saturated carbocycles. The lowest BCUT2D eigenvalue weighted by Gasteiger charge is -2.44. The minimum absolute atomic E-state index is 0.328. The van der Waals surface area contributed by atoms with E-state index in [2.05, 4.69) is 11.0 Å². The molecular weight excluding hydrogens is 208 g/mol. The molecule has 0 bridgehead atoms. The summed E-state index contributed by atoms with van der Waals surface area (Å²) in [6, 6.07) is 2.86. The van der Waals surface area contributed by atoms with Gasteiger partial charge in [-0.05, 0) is 38.1 Å². The molecule has 0 aromatic heterocycles. The number of nitriles is 1. The van der Waals surface area contributed by atoms with E-state index in [1.54, 1.807) is 0 Å². The average Bonchev–Trinajstić information content (AvgIpc) is 2.29. The Kier molecular flexibility index (Phi) is 3.88. The fourth-order valence-electron chi connectivity index (χ4n) is 3.20. The Hall–Kier alpha value is -0.260. The van der Waals surface area contributed by atoms with Crippen molar-refractivity contribution in [1.29, 1.82) is 5.26 Å². The van der Waals surface area contributed by atoms with Crippen molar-refractivity contribution >= 4 is 11.6 Å². The van der Waals surface area contributed by atoms with Gasteiger partial charge >= 0.3 is 0 Å². The minimum atomic E-state index is -0.328. The first-order chi connectivity index (χ1) is 7.31. The van der Waals surface area contributed by atoms with Crippen molar-refractivity contribution in [1.82, 2.24) is 4.90 Å². The van der Waals surface area contributed by atoms with Crippen LogP contribution >= 0.6 is 11.6 Å². The lowest BCUT2D eigenvalue weighted by atomic mass is 9.78. The second-order valence-electron chi connectivity index (χ2n) is 4.85. The van der Waals surface area contributed by atoms with Crippen molar-refractivity contribution in [3.63, 3.8) is 0 Å². The summed E-state index contributed by atoms with van der Waals surface area (Å²) < 4.78 is 0. The van der Waals surface area contributed by atoms with E-state index in [4.69, 9.17) is 16.9 Å². The fourth-order valence-corrected chi connectivity index (χ4v) is 3.38. The van der Waals surface area contributed by atoms with E-state index in [0.29, 0.717) is 0 Å². The molecule has 15 heavy (non-hydrogen) atoms. The van der Waals surface area contributed by atoms with Gasteiger partial charge in [0.1, 0.15) is 5.38 Å². The topological polar surface area (TPSA) is 27.0 Å². The van der Waals surface area contributed by atoms with Crippen LogP contribution in [0.15, 0.2) is 0 Å². The quantitative estimate of drug-likeness (QED) is 0.677. The van der Waals surface area contributed by atoms with E-state index in [1.807, 2.05) is 0 Å². The molecule has 0 aromatic rings. The molecule has 3 atom stereocenters. The van der Waals surface area contributed by atoms with Crippen LogP contribution in [0.1, 0.15) is 38.5 Å². The second-order valence-corrected chi connectivity index (χ2v) is 5.37. The van der Waals surface area contributed by atoms with Crippen molar-refractivity contribution in [2.24, 2.45) is 5.92 Å². The SMILES string of the molecule is N#CC(Cl)CN1CCC[C@H]2CCCC[C@H]21. The van der Waals surface area contributed by atoms with Gasteiger partial charge in [0.15, 0.2) is 0 Å². The maximum absolute atomic E-state index is 8.75. The largest absolute Gasteiger partial charge is 0.298 e. The molecule has 3 heteroatoms. The third-order valence-corrected chi connectivity index (χ3v) is 4.13. The Morgan fingerprint density at radius 3 is 2.80 bits per heavy atom. The van der Waals surface area contributed by atoms with Gasteiger partial charge in [-0.3, -0.25) is 4.90 Å². The highest BCUT2D eigenvalue weighted by Crippen LogP contribution is 2.35. The van der Waals surface area contributed by atoms with Gasteiger partial charge in [-0.15, -0.1) is 11.6 Å². The third kappa shape index (κ3) is 2.65. The van der Waals surface area contributed by atoms with E-state index in [9.17, 15) is 0 Å². The molecule has 0 aromatic carbocycles. The summed E-state index contributed by atoms with van der Waals surface area (Å²) in [7, 11) is 0. The minimum Gasteiger partial charge on any atom is -0.298 e. The molecule has 0 spiro atoms. The van der Waals surface area contributed by atoms with Crippen LogP contribution in [0.4, 0.5) is 0 Å². The summed E-state index contributed by atoms with van der Waals surface area (Å²) in [6.07, 6.45) is 8.14. The Labute approximate surface area is 97.2 Å². The van der Waals surface area contributed by atoms with Crippen molar-refractivity contribution in [3.05, 3.63) is 0 Å². The lowest BCUT2D eigenvalue weighted by molar-refractivity contribution is 0.0635. The normalized spacial score (nSPS) is 34.1. The van der Waals surface area contributed by atoms with Crippen LogP contribution in [0, 0.1) is 17.2 Å². The van der Waals surface area contributed by atoms with Gasteiger partial charge in [-0.2, -0.15) is 5.26 Å². The number of alkyl halides is 1. The summed E-state index contributed by atoms with van der Waals surface area (Å²) in [5.74, 6) is 0.884. The number of fused-ring (bicyclic) bond motifs is 1. The van der Waals surface area contributed by atoms with Gasteiger partial charge in [0, 0.05) is 12.6 Å². The highest BCUT2D eigenvalue weighted by molar-refractivity contribution is 6.22. The van der Waals surface area contributed by atoms with Crippen molar-refractivity contribution in [3.8, 4) is 6.07 Å². The van der Waals surface area contributed by atoms with Gasteiger partial charge in [0.2, 0.25) is 0 Å². The molecule has 2 aliphatic rings. The molecule has 2 rings (SSSR count). The van der Waals surface area contributed by atoms with Gasteiger partial charge < -0.3 is 0 Å². The Bertz CT molecular complexity index is 246. The van der Waals surface area contributed by atoms with Crippen LogP contribution < -0.4 is 0 Å². The monoisotopic (exact) mass is 226 g/mol. The van der Waals surface area contributed by atoms with Gasteiger partial charge in [-0.25, -0.2) is 0 Å². The second kappa shape index (κ2) is 5.18. The predicted octanol–water partition coefficient (Wildman–Crippen LogP) is 2.77. The number of hydrogen-bond acceptors (Lipinski definition) is 2. The smallest absolute Gasteiger partial charge is 0.133 e. The zero-order valence-corrected chi connectivity index (χ0v) is 9.92. The Morgan fingerprint density at radius 1 is 1.27 bits per heavy atom. The van der Waals surface area contributed by atoms with Crippen molar-refractivity contribution in [2.75, 3.05) is 13.1 Å². The Balaban J connectivity index is 1.95. The summed E-state index contributed by atoms with van der Waals surface area (Å²) in [6.45, 7) is 1.91. The molecule has 0 radical (unpaired) electrons. The van der Waals surface area contributed by atoms with E-state index >= 15 is 0 Å².